The smallest absolute Gasteiger partial charge is 0.410 e. The van der Waals surface area contributed by atoms with E-state index < -0.39 is 5.60 Å². The van der Waals surface area contributed by atoms with Crippen molar-refractivity contribution in [2.75, 3.05) is 36.8 Å². The van der Waals surface area contributed by atoms with Gasteiger partial charge in [0.25, 0.3) is 0 Å². The highest BCUT2D eigenvalue weighted by Gasteiger charge is 2.25. The second-order valence-corrected chi connectivity index (χ2v) is 7.43. The van der Waals surface area contributed by atoms with Crippen molar-refractivity contribution >= 4 is 33.4 Å². The van der Waals surface area contributed by atoms with Crippen molar-refractivity contribution in [1.82, 2.24) is 4.90 Å². The molecule has 1 fully saturated rings. The SMILES string of the molecule is CC(C)(C)OC(=O)N1CCCN(c2cc(Br)ccc2N)CC1. The highest BCUT2D eigenvalue weighted by molar-refractivity contribution is 9.10. The number of nitrogens with zero attached hydrogens (tertiary/aromatic N) is 2. The van der Waals surface area contributed by atoms with E-state index in [1.807, 2.05) is 39.0 Å². The van der Waals surface area contributed by atoms with E-state index >= 15 is 0 Å². The molecular weight excluding hydrogens is 346 g/mol. The van der Waals surface area contributed by atoms with E-state index in [1.54, 1.807) is 4.90 Å². The first-order valence-electron chi connectivity index (χ1n) is 7.54. The first-order valence-corrected chi connectivity index (χ1v) is 8.33. The van der Waals surface area contributed by atoms with Crippen LogP contribution in [0.3, 0.4) is 0 Å². The van der Waals surface area contributed by atoms with Crippen molar-refractivity contribution in [3.8, 4) is 0 Å². The van der Waals surface area contributed by atoms with Gasteiger partial charge in [-0.1, -0.05) is 15.9 Å². The molecule has 0 saturated carbocycles. The van der Waals surface area contributed by atoms with Gasteiger partial charge in [0.05, 0.1) is 11.4 Å². The fourth-order valence-corrected chi connectivity index (χ4v) is 2.81. The average molecular weight is 370 g/mol. The van der Waals surface area contributed by atoms with E-state index in [0.717, 1.165) is 35.4 Å². The number of ether oxygens (including phenoxy) is 1. The molecule has 0 radical (unpaired) electrons. The monoisotopic (exact) mass is 369 g/mol. The molecule has 1 aromatic carbocycles. The van der Waals surface area contributed by atoms with Gasteiger partial charge in [-0.3, -0.25) is 0 Å². The molecule has 0 atom stereocenters. The Hall–Kier alpha value is -1.43. The fourth-order valence-electron chi connectivity index (χ4n) is 2.46. The zero-order valence-electron chi connectivity index (χ0n) is 13.4. The summed E-state index contributed by atoms with van der Waals surface area (Å²) in [5.41, 5.74) is 7.39. The maximum atomic E-state index is 12.2. The lowest BCUT2D eigenvalue weighted by Crippen LogP contribution is -2.39. The van der Waals surface area contributed by atoms with E-state index in [0.29, 0.717) is 13.1 Å². The molecule has 1 aromatic rings. The zero-order valence-corrected chi connectivity index (χ0v) is 15.0. The van der Waals surface area contributed by atoms with E-state index in [9.17, 15) is 4.79 Å². The molecular formula is C16H24BrN3O2. The molecule has 6 heteroatoms. The summed E-state index contributed by atoms with van der Waals surface area (Å²) >= 11 is 3.48. The second-order valence-electron chi connectivity index (χ2n) is 6.51. The number of nitrogen functional groups attached to an aromatic ring is 1. The predicted molar refractivity (Wildman–Crippen MR) is 93.2 cm³/mol. The molecule has 0 bridgehead atoms. The molecule has 5 nitrogen and oxygen atoms in total. The number of nitrogens with two attached hydrogens (primary N) is 1. The van der Waals surface area contributed by atoms with Gasteiger partial charge in [0.2, 0.25) is 0 Å². The number of hydrogen-bond donors (Lipinski definition) is 1. The minimum Gasteiger partial charge on any atom is -0.444 e. The molecule has 2 rings (SSSR count). The molecule has 1 aliphatic heterocycles. The number of carbonyl (C=O) groups excluding carboxylic acids is 1. The summed E-state index contributed by atoms with van der Waals surface area (Å²) in [6.07, 6.45) is 0.655. The number of carbonyl (C=O) groups is 1. The van der Waals surface area contributed by atoms with Gasteiger partial charge in [-0.15, -0.1) is 0 Å². The summed E-state index contributed by atoms with van der Waals surface area (Å²) in [6.45, 7) is 8.63. The molecule has 0 aliphatic carbocycles. The van der Waals surface area contributed by atoms with E-state index in [4.69, 9.17) is 10.5 Å². The van der Waals surface area contributed by atoms with Gasteiger partial charge < -0.3 is 20.3 Å². The Morgan fingerprint density at radius 2 is 1.95 bits per heavy atom. The van der Waals surface area contributed by atoms with Crippen LogP contribution in [0.2, 0.25) is 0 Å². The predicted octanol–water partition coefficient (Wildman–Crippen LogP) is 3.48. The van der Waals surface area contributed by atoms with Crippen LogP contribution in [0.4, 0.5) is 16.2 Å². The third-order valence-corrected chi connectivity index (χ3v) is 3.97. The molecule has 0 unspecified atom stereocenters. The molecule has 0 spiro atoms. The van der Waals surface area contributed by atoms with Crippen molar-refractivity contribution in [2.24, 2.45) is 0 Å². The number of anilines is 2. The van der Waals surface area contributed by atoms with Crippen LogP contribution in [0.1, 0.15) is 27.2 Å². The third-order valence-electron chi connectivity index (χ3n) is 3.48. The fraction of sp³-hybridized carbons (Fsp3) is 0.562. The third kappa shape index (κ3) is 4.53. The molecule has 2 N–H and O–H groups in total. The van der Waals surface area contributed by atoms with E-state index in [-0.39, 0.29) is 6.09 Å². The van der Waals surface area contributed by atoms with Gasteiger partial charge in [0.1, 0.15) is 5.60 Å². The van der Waals surface area contributed by atoms with Crippen molar-refractivity contribution < 1.29 is 9.53 Å². The maximum Gasteiger partial charge on any atom is 0.410 e. The molecule has 1 aliphatic rings. The van der Waals surface area contributed by atoms with Crippen molar-refractivity contribution in [3.05, 3.63) is 22.7 Å². The Labute approximate surface area is 140 Å². The first kappa shape index (κ1) is 16.9. The Morgan fingerprint density at radius 1 is 1.23 bits per heavy atom. The lowest BCUT2D eigenvalue weighted by atomic mass is 10.2. The van der Waals surface area contributed by atoms with Crippen LogP contribution in [0, 0.1) is 0 Å². The van der Waals surface area contributed by atoms with Crippen LogP contribution in [0.15, 0.2) is 22.7 Å². The van der Waals surface area contributed by atoms with Crippen LogP contribution in [0.5, 0.6) is 0 Å². The first-order chi connectivity index (χ1) is 10.3. The van der Waals surface area contributed by atoms with Crippen LogP contribution in [-0.2, 0) is 4.74 Å². The Balaban J connectivity index is 2.03. The van der Waals surface area contributed by atoms with Gasteiger partial charge in [-0.25, -0.2) is 4.79 Å². The summed E-state index contributed by atoms with van der Waals surface area (Å²) < 4.78 is 6.46. The van der Waals surface area contributed by atoms with Crippen LogP contribution < -0.4 is 10.6 Å². The maximum absolute atomic E-state index is 12.2. The highest BCUT2D eigenvalue weighted by Crippen LogP contribution is 2.28. The van der Waals surface area contributed by atoms with E-state index in [2.05, 4.69) is 20.8 Å². The molecule has 22 heavy (non-hydrogen) atoms. The number of hydrogen-bond acceptors (Lipinski definition) is 4. The summed E-state index contributed by atoms with van der Waals surface area (Å²) in [7, 11) is 0. The van der Waals surface area contributed by atoms with Gasteiger partial charge in [-0.05, 0) is 45.4 Å². The minimum absolute atomic E-state index is 0.239. The Morgan fingerprint density at radius 3 is 2.64 bits per heavy atom. The van der Waals surface area contributed by atoms with Crippen LogP contribution in [-0.4, -0.2) is 42.8 Å². The van der Waals surface area contributed by atoms with Crippen LogP contribution >= 0.6 is 15.9 Å². The lowest BCUT2D eigenvalue weighted by Gasteiger charge is -2.27. The number of benzene rings is 1. The van der Waals surface area contributed by atoms with Crippen LogP contribution in [0.25, 0.3) is 0 Å². The summed E-state index contributed by atoms with van der Waals surface area (Å²) in [5.74, 6) is 0. The Kier molecular flexibility index (Phi) is 5.21. The summed E-state index contributed by atoms with van der Waals surface area (Å²) in [6, 6.07) is 5.86. The number of amides is 1. The average Bonchev–Trinajstić information content (AvgIpc) is 2.65. The van der Waals surface area contributed by atoms with Crippen molar-refractivity contribution in [3.63, 3.8) is 0 Å². The number of halogens is 1. The minimum atomic E-state index is -0.461. The molecule has 122 valence electrons. The quantitative estimate of drug-likeness (QED) is 0.769. The van der Waals surface area contributed by atoms with Crippen molar-refractivity contribution in [2.45, 2.75) is 32.8 Å². The molecule has 0 aromatic heterocycles. The van der Waals surface area contributed by atoms with E-state index in [1.165, 1.54) is 0 Å². The molecule has 1 heterocycles. The molecule has 1 saturated heterocycles. The standard InChI is InChI=1S/C16H24BrN3O2/c1-16(2,3)22-15(21)20-8-4-7-19(9-10-20)14-11-12(17)5-6-13(14)18/h5-6,11H,4,7-10,18H2,1-3H3. The normalized spacial score (nSPS) is 16.4. The summed E-state index contributed by atoms with van der Waals surface area (Å²) in [4.78, 5) is 16.2. The van der Waals surface area contributed by atoms with Gasteiger partial charge in [0, 0.05) is 30.7 Å². The topological polar surface area (TPSA) is 58.8 Å². The number of rotatable bonds is 1. The Bertz CT molecular complexity index is 543. The zero-order chi connectivity index (χ0) is 16.3. The highest BCUT2D eigenvalue weighted by atomic mass is 79.9. The lowest BCUT2D eigenvalue weighted by molar-refractivity contribution is 0.0263. The van der Waals surface area contributed by atoms with Gasteiger partial charge in [-0.2, -0.15) is 0 Å². The summed E-state index contributed by atoms with van der Waals surface area (Å²) in [5, 5.41) is 0. The molecule has 1 amide bonds. The van der Waals surface area contributed by atoms with Gasteiger partial charge >= 0.3 is 6.09 Å². The van der Waals surface area contributed by atoms with Crippen molar-refractivity contribution in [1.29, 1.82) is 0 Å². The van der Waals surface area contributed by atoms with Gasteiger partial charge in [0.15, 0.2) is 0 Å². The second kappa shape index (κ2) is 6.77. The largest absolute Gasteiger partial charge is 0.444 e.